The highest BCUT2D eigenvalue weighted by atomic mass is 35.5. The number of benzene rings is 1. The monoisotopic (exact) mass is 317 g/mol. The minimum Gasteiger partial charge on any atom is -0.356 e. The van der Waals surface area contributed by atoms with Crippen molar-refractivity contribution < 1.29 is 4.79 Å². The lowest BCUT2D eigenvalue weighted by Gasteiger charge is -2.16. The molecule has 1 aliphatic rings. The average molecular weight is 318 g/mol. The number of hydrogen-bond donors (Lipinski definition) is 2. The molecule has 2 amide bonds. The molecule has 3 rings (SSSR count). The number of anilines is 3. The van der Waals surface area contributed by atoms with E-state index in [9.17, 15) is 4.79 Å². The van der Waals surface area contributed by atoms with Crippen molar-refractivity contribution in [2.24, 2.45) is 0 Å². The highest BCUT2D eigenvalue weighted by molar-refractivity contribution is 6.30. The maximum absolute atomic E-state index is 12.0. The number of nitrogens with zero attached hydrogens (tertiary/aromatic N) is 3. The lowest BCUT2D eigenvalue weighted by Crippen LogP contribution is -2.22. The van der Waals surface area contributed by atoms with E-state index in [0.717, 1.165) is 18.9 Å². The summed E-state index contributed by atoms with van der Waals surface area (Å²) >= 11 is 5.81. The van der Waals surface area contributed by atoms with Crippen LogP contribution < -0.4 is 15.5 Å². The first-order valence-electron chi connectivity index (χ1n) is 7.11. The zero-order valence-corrected chi connectivity index (χ0v) is 12.7. The van der Waals surface area contributed by atoms with Crippen LogP contribution in [-0.2, 0) is 0 Å². The molecule has 2 N–H and O–H groups in total. The van der Waals surface area contributed by atoms with Crippen LogP contribution in [0.5, 0.6) is 0 Å². The number of carbonyl (C=O) groups excluding carboxylic acids is 1. The highest BCUT2D eigenvalue weighted by Gasteiger charge is 2.14. The Morgan fingerprint density at radius 3 is 2.55 bits per heavy atom. The van der Waals surface area contributed by atoms with Crippen LogP contribution in [0.2, 0.25) is 5.02 Å². The minimum atomic E-state index is -0.353. The zero-order valence-electron chi connectivity index (χ0n) is 11.9. The van der Waals surface area contributed by atoms with Crippen molar-refractivity contribution in [2.75, 3.05) is 28.6 Å². The summed E-state index contributed by atoms with van der Waals surface area (Å²) in [7, 11) is 0. The molecule has 1 aliphatic heterocycles. The smallest absolute Gasteiger partial charge is 0.324 e. The van der Waals surface area contributed by atoms with Gasteiger partial charge < -0.3 is 10.2 Å². The largest absolute Gasteiger partial charge is 0.356 e. The van der Waals surface area contributed by atoms with Crippen molar-refractivity contribution in [3.63, 3.8) is 0 Å². The lowest BCUT2D eigenvalue weighted by molar-refractivity contribution is 0.262. The third-order valence-corrected chi connectivity index (χ3v) is 3.68. The standard InChI is InChI=1S/C15H16ClN5O/c16-11-3-5-12(6-4-11)19-15(22)20-13-9-14(18-10-17-13)21-7-1-2-8-21/h3-6,9-10H,1-2,7-8H2,(H2,17,18,19,20,22). The maximum atomic E-state index is 12.0. The molecule has 1 saturated heterocycles. The first kappa shape index (κ1) is 14.6. The number of nitrogens with one attached hydrogen (secondary N) is 2. The van der Waals surface area contributed by atoms with Gasteiger partial charge in [-0.25, -0.2) is 14.8 Å². The SMILES string of the molecule is O=C(Nc1ccc(Cl)cc1)Nc1cc(N2CCCC2)ncn1. The van der Waals surface area contributed by atoms with E-state index in [2.05, 4.69) is 25.5 Å². The summed E-state index contributed by atoms with van der Waals surface area (Å²) < 4.78 is 0. The van der Waals surface area contributed by atoms with Crippen LogP contribution in [-0.4, -0.2) is 29.1 Å². The van der Waals surface area contributed by atoms with Crippen LogP contribution in [0, 0.1) is 0 Å². The van der Waals surface area contributed by atoms with E-state index in [1.165, 1.54) is 19.2 Å². The fourth-order valence-corrected chi connectivity index (χ4v) is 2.47. The molecule has 2 heterocycles. The van der Waals surface area contributed by atoms with Crippen molar-refractivity contribution in [3.8, 4) is 0 Å². The van der Waals surface area contributed by atoms with Gasteiger partial charge in [0.05, 0.1) is 0 Å². The summed E-state index contributed by atoms with van der Waals surface area (Å²) in [4.78, 5) is 22.5. The molecule has 1 aromatic heterocycles. The summed E-state index contributed by atoms with van der Waals surface area (Å²) in [6, 6.07) is 8.33. The molecule has 0 saturated carbocycles. The van der Waals surface area contributed by atoms with Gasteiger partial charge in [-0.1, -0.05) is 11.6 Å². The minimum absolute atomic E-state index is 0.353. The molecule has 0 bridgehead atoms. The predicted octanol–water partition coefficient (Wildman–Crippen LogP) is 3.37. The van der Waals surface area contributed by atoms with Gasteiger partial charge in [-0.15, -0.1) is 0 Å². The van der Waals surface area contributed by atoms with Gasteiger partial charge in [0, 0.05) is 29.9 Å². The van der Waals surface area contributed by atoms with E-state index in [-0.39, 0.29) is 6.03 Å². The number of aromatic nitrogens is 2. The van der Waals surface area contributed by atoms with E-state index in [1.807, 2.05) is 0 Å². The van der Waals surface area contributed by atoms with Gasteiger partial charge in [0.1, 0.15) is 18.0 Å². The molecule has 0 atom stereocenters. The predicted molar refractivity (Wildman–Crippen MR) is 87.6 cm³/mol. The number of rotatable bonds is 3. The summed E-state index contributed by atoms with van der Waals surface area (Å²) in [6.07, 6.45) is 3.80. The van der Waals surface area contributed by atoms with E-state index in [4.69, 9.17) is 11.6 Å². The fourth-order valence-electron chi connectivity index (χ4n) is 2.35. The Labute approximate surface area is 133 Å². The Kier molecular flexibility index (Phi) is 4.39. The third-order valence-electron chi connectivity index (χ3n) is 3.43. The Morgan fingerprint density at radius 2 is 1.82 bits per heavy atom. The van der Waals surface area contributed by atoms with Crippen LogP contribution in [0.15, 0.2) is 36.7 Å². The van der Waals surface area contributed by atoms with Crippen LogP contribution in [0.4, 0.5) is 22.1 Å². The lowest BCUT2D eigenvalue weighted by atomic mass is 10.3. The Bertz CT molecular complexity index is 655. The van der Waals surface area contributed by atoms with Gasteiger partial charge >= 0.3 is 6.03 Å². The van der Waals surface area contributed by atoms with Crippen molar-refractivity contribution in [3.05, 3.63) is 41.7 Å². The Hall–Kier alpha value is -2.34. The van der Waals surface area contributed by atoms with Gasteiger partial charge in [-0.05, 0) is 37.1 Å². The molecule has 0 unspecified atom stereocenters. The third kappa shape index (κ3) is 3.65. The second-order valence-corrected chi connectivity index (χ2v) is 5.48. The van der Waals surface area contributed by atoms with Crippen LogP contribution >= 0.6 is 11.6 Å². The van der Waals surface area contributed by atoms with E-state index in [1.54, 1.807) is 30.3 Å². The van der Waals surface area contributed by atoms with E-state index < -0.39 is 0 Å². The van der Waals surface area contributed by atoms with Crippen molar-refractivity contribution in [2.45, 2.75) is 12.8 Å². The maximum Gasteiger partial charge on any atom is 0.324 e. The van der Waals surface area contributed by atoms with E-state index in [0.29, 0.717) is 16.5 Å². The summed E-state index contributed by atoms with van der Waals surface area (Å²) in [5.41, 5.74) is 0.663. The number of carbonyl (C=O) groups is 1. The van der Waals surface area contributed by atoms with Gasteiger partial charge in [-0.2, -0.15) is 0 Å². The fraction of sp³-hybridized carbons (Fsp3) is 0.267. The summed E-state index contributed by atoms with van der Waals surface area (Å²) in [5, 5.41) is 6.05. The highest BCUT2D eigenvalue weighted by Crippen LogP contribution is 2.19. The molecule has 0 aliphatic carbocycles. The van der Waals surface area contributed by atoms with E-state index >= 15 is 0 Å². The molecule has 7 heteroatoms. The Balaban J connectivity index is 1.63. The van der Waals surface area contributed by atoms with Crippen molar-refractivity contribution >= 4 is 35.0 Å². The first-order valence-corrected chi connectivity index (χ1v) is 7.49. The molecular formula is C15H16ClN5O. The molecule has 2 aromatic rings. The van der Waals surface area contributed by atoms with Gasteiger partial charge in [0.15, 0.2) is 0 Å². The Morgan fingerprint density at radius 1 is 1.09 bits per heavy atom. The molecule has 0 spiro atoms. The molecule has 1 aromatic carbocycles. The number of amides is 2. The van der Waals surface area contributed by atoms with Crippen LogP contribution in [0.3, 0.4) is 0 Å². The normalized spacial score (nSPS) is 14.0. The molecule has 6 nitrogen and oxygen atoms in total. The molecule has 1 fully saturated rings. The second-order valence-electron chi connectivity index (χ2n) is 5.04. The summed E-state index contributed by atoms with van der Waals surface area (Å²) in [5.74, 6) is 1.32. The number of halogens is 1. The second kappa shape index (κ2) is 6.62. The zero-order chi connectivity index (χ0) is 15.4. The van der Waals surface area contributed by atoms with Gasteiger partial charge in [0.25, 0.3) is 0 Å². The van der Waals surface area contributed by atoms with Crippen LogP contribution in [0.1, 0.15) is 12.8 Å². The number of hydrogen-bond acceptors (Lipinski definition) is 4. The number of urea groups is 1. The molecular weight excluding hydrogens is 302 g/mol. The molecule has 22 heavy (non-hydrogen) atoms. The first-order chi connectivity index (χ1) is 10.7. The summed E-state index contributed by atoms with van der Waals surface area (Å²) in [6.45, 7) is 1.99. The topological polar surface area (TPSA) is 70.2 Å². The van der Waals surface area contributed by atoms with Crippen LogP contribution in [0.25, 0.3) is 0 Å². The molecule has 0 radical (unpaired) electrons. The molecule has 114 valence electrons. The van der Waals surface area contributed by atoms with Crippen molar-refractivity contribution in [1.82, 2.24) is 9.97 Å². The average Bonchev–Trinajstić information content (AvgIpc) is 3.04. The van der Waals surface area contributed by atoms with Gasteiger partial charge in [0.2, 0.25) is 0 Å². The van der Waals surface area contributed by atoms with Crippen molar-refractivity contribution in [1.29, 1.82) is 0 Å². The van der Waals surface area contributed by atoms with Gasteiger partial charge in [-0.3, -0.25) is 5.32 Å². The quantitative estimate of drug-likeness (QED) is 0.910.